The average molecular weight is 320 g/mol. The smallest absolute Gasteiger partial charge is 0.225 e. The minimum Gasteiger partial charge on any atom is -0.355 e. The second-order valence-electron chi connectivity index (χ2n) is 4.02. The molecule has 3 nitrogen and oxygen atoms in total. The quantitative estimate of drug-likeness (QED) is 0.888. The highest BCUT2D eigenvalue weighted by molar-refractivity contribution is 9.10. The third-order valence-corrected chi connectivity index (χ3v) is 3.31. The first-order valence-corrected chi connectivity index (χ1v) is 6.28. The van der Waals surface area contributed by atoms with E-state index in [0.29, 0.717) is 0 Å². The second-order valence-corrected chi connectivity index (χ2v) is 4.94. The minimum atomic E-state index is 0. The predicted molar refractivity (Wildman–Crippen MR) is 74.5 cm³/mol. The number of amides is 1. The average Bonchev–Trinajstić information content (AvgIpc) is 2.18. The molecule has 1 amide bonds. The molecule has 0 atom stereocenters. The lowest BCUT2D eigenvalue weighted by Gasteiger charge is -2.25. The largest absolute Gasteiger partial charge is 0.355 e. The van der Waals surface area contributed by atoms with Crippen LogP contribution in [0.5, 0.6) is 0 Å². The molecule has 1 saturated heterocycles. The molecule has 1 aromatic rings. The molecule has 17 heavy (non-hydrogen) atoms. The summed E-state index contributed by atoms with van der Waals surface area (Å²) in [5, 5.41) is 6.05. The van der Waals surface area contributed by atoms with E-state index in [-0.39, 0.29) is 24.2 Å². The van der Waals surface area contributed by atoms with Gasteiger partial charge in [0.1, 0.15) is 0 Å². The summed E-state index contributed by atoms with van der Waals surface area (Å²) >= 11 is 3.40. The van der Waals surface area contributed by atoms with Gasteiger partial charge in [-0.15, -0.1) is 12.4 Å². The number of nitrogens with one attached hydrogen (secondary N) is 2. The molecule has 94 valence electrons. The Balaban J connectivity index is 0.00000144. The number of benzene rings is 1. The molecule has 0 bridgehead atoms. The van der Waals surface area contributed by atoms with Gasteiger partial charge in [-0.05, 0) is 24.1 Å². The van der Waals surface area contributed by atoms with Gasteiger partial charge in [-0.2, -0.15) is 0 Å². The Morgan fingerprint density at radius 2 is 2.00 bits per heavy atom. The zero-order chi connectivity index (χ0) is 11.4. The Hall–Kier alpha value is -0.580. The maximum absolute atomic E-state index is 11.5. The van der Waals surface area contributed by atoms with Gasteiger partial charge in [0.25, 0.3) is 0 Å². The van der Waals surface area contributed by atoms with Crippen LogP contribution in [0.2, 0.25) is 0 Å². The summed E-state index contributed by atoms with van der Waals surface area (Å²) in [6.45, 7) is 2.37. The fraction of sp³-hybridized carbons (Fsp3) is 0.417. The highest BCUT2D eigenvalue weighted by atomic mass is 79.9. The molecule has 5 heteroatoms. The van der Waals surface area contributed by atoms with Crippen molar-refractivity contribution in [1.82, 2.24) is 10.6 Å². The molecule has 0 radical (unpaired) electrons. The number of halogens is 2. The SMILES string of the molecule is Cl.O=C(NCCc1ccc(Br)cc1)C1CNC1. The lowest BCUT2D eigenvalue weighted by Crippen LogP contribution is -2.51. The van der Waals surface area contributed by atoms with Gasteiger partial charge in [-0.25, -0.2) is 0 Å². The minimum absolute atomic E-state index is 0. The molecular formula is C12H16BrClN2O. The highest BCUT2D eigenvalue weighted by Crippen LogP contribution is 2.10. The van der Waals surface area contributed by atoms with Crippen LogP contribution < -0.4 is 10.6 Å². The van der Waals surface area contributed by atoms with E-state index < -0.39 is 0 Å². The van der Waals surface area contributed by atoms with Gasteiger partial charge in [0.2, 0.25) is 5.91 Å². The van der Waals surface area contributed by atoms with Crippen molar-refractivity contribution in [2.75, 3.05) is 19.6 Å². The Morgan fingerprint density at radius 1 is 1.35 bits per heavy atom. The van der Waals surface area contributed by atoms with E-state index in [4.69, 9.17) is 0 Å². The van der Waals surface area contributed by atoms with E-state index in [1.165, 1.54) is 5.56 Å². The van der Waals surface area contributed by atoms with Crippen molar-refractivity contribution < 1.29 is 4.79 Å². The molecule has 1 aliphatic rings. The lowest BCUT2D eigenvalue weighted by molar-refractivity contribution is -0.126. The Bertz CT molecular complexity index is 365. The summed E-state index contributed by atoms with van der Waals surface area (Å²) in [5.74, 6) is 0.362. The van der Waals surface area contributed by atoms with Crippen LogP contribution in [-0.4, -0.2) is 25.5 Å². The summed E-state index contributed by atoms with van der Waals surface area (Å²) in [6, 6.07) is 8.18. The number of hydrogen-bond acceptors (Lipinski definition) is 2. The normalized spacial score (nSPS) is 14.6. The molecule has 1 aliphatic heterocycles. The first-order chi connectivity index (χ1) is 7.75. The van der Waals surface area contributed by atoms with E-state index in [2.05, 4.69) is 38.7 Å². The Labute approximate surface area is 116 Å². The highest BCUT2D eigenvalue weighted by Gasteiger charge is 2.23. The number of carbonyl (C=O) groups excluding carboxylic acids is 1. The van der Waals surface area contributed by atoms with Crippen LogP contribution in [0.4, 0.5) is 0 Å². The Morgan fingerprint density at radius 3 is 2.53 bits per heavy atom. The third kappa shape index (κ3) is 4.30. The van der Waals surface area contributed by atoms with Crippen LogP contribution in [-0.2, 0) is 11.2 Å². The van der Waals surface area contributed by atoms with Crippen molar-refractivity contribution in [1.29, 1.82) is 0 Å². The van der Waals surface area contributed by atoms with E-state index in [0.717, 1.165) is 30.5 Å². The van der Waals surface area contributed by atoms with Crippen LogP contribution in [0.25, 0.3) is 0 Å². The van der Waals surface area contributed by atoms with Gasteiger partial charge in [-0.3, -0.25) is 4.79 Å². The standard InChI is InChI=1S/C12H15BrN2O.ClH/c13-11-3-1-9(2-4-11)5-6-15-12(16)10-7-14-8-10;/h1-4,10,14H,5-8H2,(H,15,16);1H. The van der Waals surface area contributed by atoms with Crippen molar-refractivity contribution in [2.45, 2.75) is 6.42 Å². The van der Waals surface area contributed by atoms with Gasteiger partial charge in [0, 0.05) is 24.1 Å². The summed E-state index contributed by atoms with van der Waals surface area (Å²) in [6.07, 6.45) is 0.888. The van der Waals surface area contributed by atoms with Crippen molar-refractivity contribution in [2.24, 2.45) is 5.92 Å². The molecule has 0 spiro atoms. The molecule has 2 rings (SSSR count). The molecule has 0 saturated carbocycles. The maximum atomic E-state index is 11.5. The summed E-state index contributed by atoms with van der Waals surface area (Å²) in [4.78, 5) is 11.5. The van der Waals surface area contributed by atoms with Crippen LogP contribution in [0.15, 0.2) is 28.7 Å². The van der Waals surface area contributed by atoms with Crippen LogP contribution in [0, 0.1) is 5.92 Å². The van der Waals surface area contributed by atoms with E-state index >= 15 is 0 Å². The van der Waals surface area contributed by atoms with Crippen LogP contribution >= 0.6 is 28.3 Å². The second kappa shape index (κ2) is 6.99. The zero-order valence-electron chi connectivity index (χ0n) is 9.41. The topological polar surface area (TPSA) is 41.1 Å². The van der Waals surface area contributed by atoms with Gasteiger partial charge >= 0.3 is 0 Å². The maximum Gasteiger partial charge on any atom is 0.225 e. The van der Waals surface area contributed by atoms with Gasteiger partial charge in [-0.1, -0.05) is 28.1 Å². The zero-order valence-corrected chi connectivity index (χ0v) is 11.8. The number of carbonyl (C=O) groups is 1. The van der Waals surface area contributed by atoms with E-state index in [1.54, 1.807) is 0 Å². The molecule has 1 aromatic carbocycles. The fourth-order valence-corrected chi connectivity index (χ4v) is 1.86. The first kappa shape index (κ1) is 14.5. The molecule has 1 fully saturated rings. The molecule has 2 N–H and O–H groups in total. The molecule has 0 unspecified atom stereocenters. The molecule has 0 aromatic heterocycles. The van der Waals surface area contributed by atoms with Gasteiger partial charge < -0.3 is 10.6 Å². The number of rotatable bonds is 4. The van der Waals surface area contributed by atoms with Crippen LogP contribution in [0.3, 0.4) is 0 Å². The van der Waals surface area contributed by atoms with Gasteiger partial charge in [0.15, 0.2) is 0 Å². The van der Waals surface area contributed by atoms with Crippen molar-refractivity contribution >= 4 is 34.2 Å². The number of hydrogen-bond donors (Lipinski definition) is 2. The molecule has 1 heterocycles. The van der Waals surface area contributed by atoms with E-state index in [1.807, 2.05) is 12.1 Å². The van der Waals surface area contributed by atoms with Crippen LogP contribution in [0.1, 0.15) is 5.56 Å². The van der Waals surface area contributed by atoms with E-state index in [9.17, 15) is 4.79 Å². The third-order valence-electron chi connectivity index (χ3n) is 2.78. The van der Waals surface area contributed by atoms with Gasteiger partial charge in [0.05, 0.1) is 5.92 Å². The molecular weight excluding hydrogens is 304 g/mol. The lowest BCUT2D eigenvalue weighted by atomic mass is 10.0. The fourth-order valence-electron chi connectivity index (χ4n) is 1.60. The summed E-state index contributed by atoms with van der Waals surface area (Å²) in [5.41, 5.74) is 1.25. The first-order valence-electron chi connectivity index (χ1n) is 5.48. The van der Waals surface area contributed by atoms with Crippen molar-refractivity contribution in [3.8, 4) is 0 Å². The monoisotopic (exact) mass is 318 g/mol. The Kier molecular flexibility index (Phi) is 5.95. The predicted octanol–water partition coefficient (Wildman–Crippen LogP) is 1.75. The van der Waals surface area contributed by atoms with Crippen molar-refractivity contribution in [3.63, 3.8) is 0 Å². The van der Waals surface area contributed by atoms with Crippen molar-refractivity contribution in [3.05, 3.63) is 34.3 Å². The summed E-state index contributed by atoms with van der Waals surface area (Å²) < 4.78 is 1.08. The summed E-state index contributed by atoms with van der Waals surface area (Å²) in [7, 11) is 0. The molecule has 0 aliphatic carbocycles.